The van der Waals surface area contributed by atoms with Crippen LogP contribution in [-0.2, 0) is 23.8 Å². The Morgan fingerprint density at radius 3 is 2.00 bits per heavy atom. The predicted molar refractivity (Wildman–Crippen MR) is 199 cm³/mol. The summed E-state index contributed by atoms with van der Waals surface area (Å²) in [5, 5.41) is 63.6. The maximum atomic E-state index is 14.7. The zero-order valence-electron chi connectivity index (χ0n) is 31.5. The van der Waals surface area contributed by atoms with Crippen molar-refractivity contribution in [1.82, 2.24) is 5.32 Å². The van der Waals surface area contributed by atoms with Crippen molar-refractivity contribution in [3.05, 3.63) is 119 Å². The molecule has 1 aliphatic heterocycles. The van der Waals surface area contributed by atoms with Crippen LogP contribution in [-0.4, -0.2) is 104 Å². The average molecular weight is 770 g/mol. The fraction of sp³-hybridized carbons (Fsp3) is 0.442. The number of carbonyl (C=O) groups excluding carboxylic acids is 4. The van der Waals surface area contributed by atoms with E-state index in [1.807, 2.05) is 0 Å². The van der Waals surface area contributed by atoms with E-state index in [4.69, 9.17) is 14.2 Å². The van der Waals surface area contributed by atoms with Gasteiger partial charge in [-0.15, -0.1) is 0 Å². The molecule has 7 rings (SSSR count). The van der Waals surface area contributed by atoms with Gasteiger partial charge in [-0.05, 0) is 54.8 Å². The SMILES string of the molecule is CC1=C2[C@@H](O)C(=O)[C@]3(C)[C@H](O)C[C@H]4OC[C@@]4(O)[C@H]3[C@H](OC(=O)c3ccccc3)[C@](O)(C[C@@H]1OC(=O)[C@H](O)[C@@H](NC(=O)c1ccccc1)c1ccccc1)C2(C)C. The largest absolute Gasteiger partial charge is 0.456 e. The average Bonchev–Trinajstić information content (AvgIpc) is 3.19. The Labute approximate surface area is 323 Å². The Morgan fingerprint density at radius 1 is 0.857 bits per heavy atom. The molecule has 296 valence electrons. The van der Waals surface area contributed by atoms with Gasteiger partial charge in [-0.3, -0.25) is 9.59 Å². The topological polar surface area (TPSA) is 209 Å². The van der Waals surface area contributed by atoms with Gasteiger partial charge >= 0.3 is 11.9 Å². The van der Waals surface area contributed by atoms with Gasteiger partial charge in [0.1, 0.15) is 29.5 Å². The standard InChI is InChI=1S/C43H47NO12/c1-23-27(55-39(51)33(47)31(24-14-8-5-9-15-24)44-37(49)25-16-10-6-11-17-25)21-43(53)36(56-38(50)26-18-12-7-13-19-26)34-41(4,28(45)20-29-42(34,52)22-54-29)35(48)32(46)30(23)40(43,2)3/h5-19,27-29,31-34,36,45-47,52-53H,20-22H2,1-4H3,(H,44,49)/t27-,28+,29+,31-,32+,33+,34-,36-,41+,42-,43+/m0/s1. The number of Topliss-reactive ketones (excluding diaryl/α,β-unsaturated/α-hetero) is 1. The first-order valence-electron chi connectivity index (χ1n) is 18.7. The number of ketones is 1. The minimum absolute atomic E-state index is 0.0351. The van der Waals surface area contributed by atoms with Gasteiger partial charge in [0.2, 0.25) is 0 Å². The van der Waals surface area contributed by atoms with E-state index in [1.54, 1.807) is 92.7 Å². The Kier molecular flexibility index (Phi) is 10.1. The first-order valence-corrected chi connectivity index (χ1v) is 18.7. The maximum Gasteiger partial charge on any atom is 0.338 e. The van der Waals surface area contributed by atoms with Crippen LogP contribution in [0.2, 0.25) is 0 Å². The van der Waals surface area contributed by atoms with Gasteiger partial charge in [0.05, 0.1) is 35.8 Å². The number of aliphatic hydroxyl groups is 5. The second-order valence-electron chi connectivity index (χ2n) is 16.2. The van der Waals surface area contributed by atoms with Crippen molar-refractivity contribution in [2.75, 3.05) is 6.61 Å². The quantitative estimate of drug-likeness (QED) is 0.144. The number of ether oxygens (including phenoxy) is 3. The zero-order chi connectivity index (χ0) is 40.4. The Bertz CT molecular complexity index is 2040. The molecule has 0 aromatic heterocycles. The highest BCUT2D eigenvalue weighted by atomic mass is 16.6. The van der Waals surface area contributed by atoms with E-state index in [0.717, 1.165) is 0 Å². The molecule has 1 heterocycles. The van der Waals surface area contributed by atoms with E-state index in [1.165, 1.54) is 26.0 Å². The summed E-state index contributed by atoms with van der Waals surface area (Å²) < 4.78 is 17.9. The van der Waals surface area contributed by atoms with Crippen LogP contribution < -0.4 is 5.32 Å². The summed E-state index contributed by atoms with van der Waals surface area (Å²) in [6.45, 7) is 5.72. The molecule has 2 bridgehead atoms. The summed E-state index contributed by atoms with van der Waals surface area (Å²) >= 11 is 0. The number of aliphatic hydroxyl groups excluding tert-OH is 3. The summed E-state index contributed by atoms with van der Waals surface area (Å²) in [6, 6.07) is 23.2. The Hall–Kier alpha value is -4.76. The van der Waals surface area contributed by atoms with Crippen LogP contribution in [0.15, 0.2) is 102 Å². The molecule has 1 amide bonds. The summed E-state index contributed by atoms with van der Waals surface area (Å²) in [7, 11) is 0. The monoisotopic (exact) mass is 769 g/mol. The molecule has 3 aliphatic carbocycles. The molecule has 6 N–H and O–H groups in total. The van der Waals surface area contributed by atoms with Gasteiger partial charge in [-0.2, -0.15) is 0 Å². The van der Waals surface area contributed by atoms with Gasteiger partial charge < -0.3 is 45.1 Å². The minimum Gasteiger partial charge on any atom is -0.456 e. The highest BCUT2D eigenvalue weighted by molar-refractivity contribution is 5.95. The number of hydrogen-bond donors (Lipinski definition) is 6. The van der Waals surface area contributed by atoms with Crippen molar-refractivity contribution < 1.29 is 58.9 Å². The van der Waals surface area contributed by atoms with E-state index in [-0.39, 0.29) is 35.3 Å². The van der Waals surface area contributed by atoms with Crippen LogP contribution in [0.5, 0.6) is 0 Å². The first-order chi connectivity index (χ1) is 26.5. The second-order valence-corrected chi connectivity index (χ2v) is 16.2. The second kappa shape index (κ2) is 14.3. The lowest BCUT2D eigenvalue weighted by atomic mass is 9.44. The van der Waals surface area contributed by atoms with Gasteiger partial charge in [-0.1, -0.05) is 80.6 Å². The van der Waals surface area contributed by atoms with E-state index in [9.17, 15) is 44.7 Å². The summed E-state index contributed by atoms with van der Waals surface area (Å²) in [5.74, 6) is -5.07. The van der Waals surface area contributed by atoms with E-state index < -0.39 is 101 Å². The minimum atomic E-state index is -2.30. The number of rotatable bonds is 8. The number of hydrogen-bond acceptors (Lipinski definition) is 12. The van der Waals surface area contributed by atoms with Crippen molar-refractivity contribution in [3.63, 3.8) is 0 Å². The molecule has 0 spiro atoms. The lowest BCUT2D eigenvalue weighted by Crippen LogP contribution is -2.81. The van der Waals surface area contributed by atoms with Crippen LogP contribution in [0.3, 0.4) is 0 Å². The predicted octanol–water partition coefficient (Wildman–Crippen LogP) is 2.59. The van der Waals surface area contributed by atoms with Gasteiger partial charge in [0.15, 0.2) is 11.9 Å². The molecule has 0 unspecified atom stereocenters. The molecule has 13 heteroatoms. The molecule has 3 fully saturated rings. The molecular weight excluding hydrogens is 722 g/mol. The number of fused-ring (bicyclic) bond motifs is 5. The number of nitrogens with one attached hydrogen (secondary N) is 1. The molecule has 0 radical (unpaired) electrons. The van der Waals surface area contributed by atoms with Crippen LogP contribution in [0, 0.1) is 16.7 Å². The normalized spacial score (nSPS) is 34.3. The lowest BCUT2D eigenvalue weighted by Gasteiger charge is -2.66. The molecular formula is C43H47NO12. The number of carbonyl (C=O) groups is 4. The number of esters is 2. The van der Waals surface area contributed by atoms with Crippen LogP contribution in [0.25, 0.3) is 0 Å². The third-order valence-corrected chi connectivity index (χ3v) is 12.9. The highest BCUT2D eigenvalue weighted by Crippen LogP contribution is 2.63. The molecule has 1 saturated heterocycles. The Morgan fingerprint density at radius 2 is 1.43 bits per heavy atom. The van der Waals surface area contributed by atoms with Crippen molar-refractivity contribution in [3.8, 4) is 0 Å². The smallest absolute Gasteiger partial charge is 0.338 e. The number of amides is 1. The van der Waals surface area contributed by atoms with Crippen molar-refractivity contribution >= 4 is 23.6 Å². The first kappa shape index (κ1) is 39.5. The van der Waals surface area contributed by atoms with Crippen molar-refractivity contribution in [2.45, 2.75) is 94.4 Å². The fourth-order valence-electron chi connectivity index (χ4n) is 9.54. The third kappa shape index (κ3) is 6.08. The van der Waals surface area contributed by atoms with Gasteiger partial charge in [0.25, 0.3) is 5.91 Å². The third-order valence-electron chi connectivity index (χ3n) is 12.9. The van der Waals surface area contributed by atoms with E-state index >= 15 is 0 Å². The van der Waals surface area contributed by atoms with Crippen LogP contribution in [0.4, 0.5) is 0 Å². The molecule has 2 saturated carbocycles. The van der Waals surface area contributed by atoms with Gasteiger partial charge in [-0.25, -0.2) is 9.59 Å². The summed E-state index contributed by atoms with van der Waals surface area (Å²) in [4.78, 5) is 56.0. The van der Waals surface area contributed by atoms with Crippen LogP contribution in [0.1, 0.15) is 72.9 Å². The fourth-order valence-corrected chi connectivity index (χ4v) is 9.54. The molecule has 3 aromatic carbocycles. The number of benzene rings is 3. The molecule has 3 aromatic rings. The zero-order valence-corrected chi connectivity index (χ0v) is 31.5. The van der Waals surface area contributed by atoms with Crippen LogP contribution >= 0.6 is 0 Å². The summed E-state index contributed by atoms with van der Waals surface area (Å²) in [6.07, 6.45) is -10.3. The summed E-state index contributed by atoms with van der Waals surface area (Å²) in [5.41, 5.74) is -6.83. The maximum absolute atomic E-state index is 14.7. The van der Waals surface area contributed by atoms with E-state index in [2.05, 4.69) is 5.32 Å². The van der Waals surface area contributed by atoms with E-state index in [0.29, 0.717) is 5.56 Å². The van der Waals surface area contributed by atoms with Gasteiger partial charge in [0, 0.05) is 29.7 Å². The van der Waals surface area contributed by atoms with Crippen molar-refractivity contribution in [1.29, 1.82) is 0 Å². The molecule has 11 atom stereocenters. The highest BCUT2D eigenvalue weighted by Gasteiger charge is 2.76. The Balaban J connectivity index is 1.31. The lowest BCUT2D eigenvalue weighted by molar-refractivity contribution is -0.343. The molecule has 56 heavy (non-hydrogen) atoms. The molecule has 4 aliphatic rings. The van der Waals surface area contributed by atoms with Crippen molar-refractivity contribution in [2.24, 2.45) is 16.7 Å². The molecule has 13 nitrogen and oxygen atoms in total.